The van der Waals surface area contributed by atoms with Crippen molar-refractivity contribution in [1.29, 1.82) is 0 Å². The van der Waals surface area contributed by atoms with Crippen molar-refractivity contribution < 1.29 is 14.3 Å². The molecule has 0 fully saturated rings. The Bertz CT molecular complexity index is 1360. The fourth-order valence-electron chi connectivity index (χ4n) is 4.76. The molecule has 178 valence electrons. The summed E-state index contributed by atoms with van der Waals surface area (Å²) >= 11 is 0. The van der Waals surface area contributed by atoms with Crippen molar-refractivity contribution in [3.63, 3.8) is 0 Å². The van der Waals surface area contributed by atoms with Gasteiger partial charge in [-0.3, -0.25) is 9.59 Å². The van der Waals surface area contributed by atoms with E-state index in [2.05, 4.69) is 5.32 Å². The zero-order chi connectivity index (χ0) is 24.4. The number of amides is 2. The van der Waals surface area contributed by atoms with Crippen LogP contribution in [-0.2, 0) is 24.4 Å². The molecule has 1 aliphatic heterocycles. The molecule has 4 aromatic rings. The Balaban J connectivity index is 1.50. The van der Waals surface area contributed by atoms with Crippen LogP contribution < -0.4 is 10.1 Å². The summed E-state index contributed by atoms with van der Waals surface area (Å²) in [6, 6.07) is 27.3. The number of carbonyl (C=O) groups excluding carboxylic acids is 2. The van der Waals surface area contributed by atoms with E-state index in [0.717, 1.165) is 27.8 Å². The smallest absolute Gasteiger partial charge is 0.271 e. The first kappa shape index (κ1) is 22.7. The molecule has 5 rings (SSSR count). The lowest BCUT2D eigenvalue weighted by atomic mass is 9.93. The van der Waals surface area contributed by atoms with Crippen LogP contribution in [0.15, 0.2) is 84.9 Å². The second-order valence-electron chi connectivity index (χ2n) is 9.08. The summed E-state index contributed by atoms with van der Waals surface area (Å²) in [5, 5.41) is 4.07. The van der Waals surface area contributed by atoms with Crippen LogP contribution in [0, 0.1) is 0 Å². The zero-order valence-corrected chi connectivity index (χ0v) is 20.0. The summed E-state index contributed by atoms with van der Waals surface area (Å²) < 4.78 is 7.54. The molecule has 3 aromatic carbocycles. The highest BCUT2D eigenvalue weighted by molar-refractivity contribution is 6.03. The highest BCUT2D eigenvalue weighted by Crippen LogP contribution is 2.33. The molecule has 2 heterocycles. The average Bonchev–Trinajstić information content (AvgIpc) is 3.25. The van der Waals surface area contributed by atoms with Crippen molar-refractivity contribution >= 4 is 22.7 Å². The first-order chi connectivity index (χ1) is 17.0. The molecule has 0 unspecified atom stereocenters. The van der Waals surface area contributed by atoms with Gasteiger partial charge in [0, 0.05) is 24.0 Å². The fraction of sp³-hybridized carbons (Fsp3) is 0.241. The summed E-state index contributed by atoms with van der Waals surface area (Å²) in [5.41, 5.74) is 2.44. The molecule has 35 heavy (non-hydrogen) atoms. The minimum absolute atomic E-state index is 0.154. The molecule has 0 radical (unpaired) electrons. The first-order valence-corrected chi connectivity index (χ1v) is 11.9. The van der Waals surface area contributed by atoms with Gasteiger partial charge in [0.25, 0.3) is 5.91 Å². The van der Waals surface area contributed by atoms with E-state index in [9.17, 15) is 9.59 Å². The third-order valence-electron chi connectivity index (χ3n) is 6.70. The van der Waals surface area contributed by atoms with Gasteiger partial charge in [-0.25, -0.2) is 0 Å². The standard InChI is InChI=1S/C29H29N3O3/c1-3-35-24-15-13-22(14-16-24)19-32-27(33)26-17-23-11-7-8-12-25(23)31(26)20-29(32,2)28(34)30-18-21-9-5-4-6-10-21/h4-17H,3,18-20H2,1-2H3,(H,30,34)/t29-/m0/s1. The predicted molar refractivity (Wildman–Crippen MR) is 136 cm³/mol. The number of hydrogen-bond acceptors (Lipinski definition) is 3. The van der Waals surface area contributed by atoms with E-state index in [4.69, 9.17) is 4.74 Å². The number of carbonyl (C=O) groups is 2. The van der Waals surface area contributed by atoms with E-state index in [0.29, 0.717) is 31.9 Å². The van der Waals surface area contributed by atoms with E-state index in [-0.39, 0.29) is 11.8 Å². The molecule has 2 amide bonds. The maximum atomic E-state index is 13.9. The van der Waals surface area contributed by atoms with Crippen LogP contribution in [0.25, 0.3) is 10.9 Å². The SMILES string of the molecule is CCOc1ccc(CN2C(=O)c3cc4ccccc4n3C[C@@]2(C)C(=O)NCc2ccccc2)cc1. The van der Waals surface area contributed by atoms with E-state index >= 15 is 0 Å². The lowest BCUT2D eigenvalue weighted by Crippen LogP contribution is -2.63. The Morgan fingerprint density at radius 3 is 2.43 bits per heavy atom. The Kier molecular flexibility index (Phi) is 6.03. The molecule has 0 saturated carbocycles. The van der Waals surface area contributed by atoms with Gasteiger partial charge < -0.3 is 19.5 Å². The summed E-state index contributed by atoms with van der Waals surface area (Å²) in [4.78, 5) is 29.3. The molecular weight excluding hydrogens is 438 g/mol. The van der Waals surface area contributed by atoms with E-state index in [1.54, 1.807) is 4.90 Å². The number of ether oxygens (including phenoxy) is 1. The van der Waals surface area contributed by atoms with E-state index < -0.39 is 5.54 Å². The number of para-hydroxylation sites is 1. The molecule has 0 saturated heterocycles. The second-order valence-corrected chi connectivity index (χ2v) is 9.08. The number of fused-ring (bicyclic) bond motifs is 3. The van der Waals surface area contributed by atoms with Crippen molar-refractivity contribution in [1.82, 2.24) is 14.8 Å². The van der Waals surface area contributed by atoms with Crippen LogP contribution in [-0.4, -0.2) is 33.4 Å². The lowest BCUT2D eigenvalue weighted by molar-refractivity contribution is -0.133. The van der Waals surface area contributed by atoms with Crippen molar-refractivity contribution in [3.05, 3.63) is 102 Å². The van der Waals surface area contributed by atoms with Gasteiger partial charge in [-0.05, 0) is 49.2 Å². The molecule has 0 aliphatic carbocycles. The molecule has 1 atom stereocenters. The normalized spacial score (nSPS) is 17.3. The Hall–Kier alpha value is -4.06. The van der Waals surface area contributed by atoms with E-state index in [1.807, 2.05) is 103 Å². The van der Waals surface area contributed by atoms with Crippen molar-refractivity contribution in [3.8, 4) is 5.75 Å². The topological polar surface area (TPSA) is 63.6 Å². The number of benzene rings is 3. The maximum absolute atomic E-state index is 13.9. The molecule has 0 spiro atoms. The minimum atomic E-state index is -1.07. The Morgan fingerprint density at radius 1 is 0.971 bits per heavy atom. The third kappa shape index (κ3) is 4.28. The average molecular weight is 468 g/mol. The number of nitrogens with one attached hydrogen (secondary N) is 1. The fourth-order valence-corrected chi connectivity index (χ4v) is 4.76. The van der Waals surface area contributed by atoms with Gasteiger partial charge in [0.15, 0.2) is 0 Å². The monoisotopic (exact) mass is 467 g/mol. The van der Waals surface area contributed by atoms with Gasteiger partial charge >= 0.3 is 0 Å². The molecule has 1 N–H and O–H groups in total. The summed E-state index contributed by atoms with van der Waals surface area (Å²) in [6.07, 6.45) is 0. The Morgan fingerprint density at radius 2 is 1.69 bits per heavy atom. The second kappa shape index (κ2) is 9.29. The van der Waals surface area contributed by atoms with Gasteiger partial charge in [-0.1, -0.05) is 60.7 Å². The van der Waals surface area contributed by atoms with Crippen LogP contribution in [0.3, 0.4) is 0 Å². The van der Waals surface area contributed by atoms with Crippen molar-refractivity contribution in [2.24, 2.45) is 0 Å². The van der Waals surface area contributed by atoms with E-state index in [1.165, 1.54) is 0 Å². The van der Waals surface area contributed by atoms with Crippen LogP contribution >= 0.6 is 0 Å². The number of hydrogen-bond donors (Lipinski definition) is 1. The lowest BCUT2D eigenvalue weighted by Gasteiger charge is -2.44. The summed E-state index contributed by atoms with van der Waals surface area (Å²) in [6.45, 7) is 5.49. The first-order valence-electron chi connectivity index (χ1n) is 11.9. The van der Waals surface area contributed by atoms with Gasteiger partial charge in [0.1, 0.15) is 17.0 Å². The minimum Gasteiger partial charge on any atom is -0.494 e. The third-order valence-corrected chi connectivity index (χ3v) is 6.70. The molecule has 1 aromatic heterocycles. The molecule has 0 bridgehead atoms. The van der Waals surface area contributed by atoms with Gasteiger partial charge in [-0.2, -0.15) is 0 Å². The number of rotatable bonds is 7. The summed E-state index contributed by atoms with van der Waals surface area (Å²) in [5.74, 6) is 0.451. The largest absolute Gasteiger partial charge is 0.494 e. The molecule has 6 nitrogen and oxygen atoms in total. The number of nitrogens with zero attached hydrogens (tertiary/aromatic N) is 2. The Labute approximate surface area is 205 Å². The predicted octanol–water partition coefficient (Wildman–Crippen LogP) is 4.77. The number of aromatic nitrogens is 1. The molecule has 6 heteroatoms. The zero-order valence-electron chi connectivity index (χ0n) is 20.0. The van der Waals surface area contributed by atoms with Crippen molar-refractivity contribution in [2.45, 2.75) is 39.0 Å². The summed E-state index contributed by atoms with van der Waals surface area (Å²) in [7, 11) is 0. The van der Waals surface area contributed by atoms with Gasteiger partial charge in [0.05, 0.1) is 13.2 Å². The van der Waals surface area contributed by atoms with Crippen molar-refractivity contribution in [2.75, 3.05) is 6.61 Å². The van der Waals surface area contributed by atoms with Gasteiger partial charge in [0.2, 0.25) is 5.91 Å². The van der Waals surface area contributed by atoms with Crippen LogP contribution in [0.2, 0.25) is 0 Å². The highest BCUT2D eigenvalue weighted by atomic mass is 16.5. The van der Waals surface area contributed by atoms with Crippen LogP contribution in [0.1, 0.15) is 35.5 Å². The molecular formula is C29H29N3O3. The quantitative estimate of drug-likeness (QED) is 0.426. The van der Waals surface area contributed by atoms with Crippen LogP contribution in [0.5, 0.6) is 5.75 Å². The molecule has 1 aliphatic rings. The highest BCUT2D eigenvalue weighted by Gasteiger charge is 2.47. The maximum Gasteiger partial charge on any atom is 0.271 e. The van der Waals surface area contributed by atoms with Gasteiger partial charge in [-0.15, -0.1) is 0 Å². The van der Waals surface area contributed by atoms with Crippen LogP contribution in [0.4, 0.5) is 0 Å².